The summed E-state index contributed by atoms with van der Waals surface area (Å²) in [6.07, 6.45) is 26.9. The highest BCUT2D eigenvalue weighted by atomic mass is 16.4. The molecule has 0 amide bonds. The topological polar surface area (TPSA) is 53.7 Å². The largest absolute Gasteiger partial charge is 0.502 e. The average molecular weight is 590 g/mol. The van der Waals surface area contributed by atoms with E-state index in [1.807, 2.05) is 18.2 Å². The van der Waals surface area contributed by atoms with Gasteiger partial charge in [0.25, 0.3) is 0 Å². The maximum absolute atomic E-state index is 12.7. The Balaban J connectivity index is 1.53. The molecule has 2 aromatic carbocycles. The fourth-order valence-electron chi connectivity index (χ4n) is 6.10. The molecule has 43 heavy (non-hydrogen) atoms. The molecule has 3 rings (SSSR count). The number of nitrogens with zero attached hydrogens (tertiary/aromatic N) is 1. The summed E-state index contributed by atoms with van der Waals surface area (Å²) < 4.78 is 5.97. The van der Waals surface area contributed by atoms with Gasteiger partial charge in [-0.05, 0) is 49.2 Å². The monoisotopic (exact) mass is 589 g/mol. The molecule has 1 N–H and O–H groups in total. The van der Waals surface area contributed by atoms with E-state index < -0.39 is 0 Å². The molecule has 4 heteroatoms. The summed E-state index contributed by atoms with van der Waals surface area (Å²) in [6.45, 7) is 6.71. The number of fused-ring (bicyclic) bond motifs is 1. The number of rotatable bonds is 24. The number of anilines is 1. The van der Waals surface area contributed by atoms with Crippen molar-refractivity contribution in [2.45, 2.75) is 142 Å². The van der Waals surface area contributed by atoms with Crippen molar-refractivity contribution in [3.63, 3.8) is 0 Å². The van der Waals surface area contributed by atoms with Crippen LogP contribution in [-0.4, -0.2) is 18.2 Å². The van der Waals surface area contributed by atoms with Crippen molar-refractivity contribution < 1.29 is 9.52 Å². The summed E-state index contributed by atoms with van der Waals surface area (Å²) in [6, 6.07) is 15.3. The molecule has 0 aliphatic heterocycles. The Hall–Kier alpha value is -2.75. The van der Waals surface area contributed by atoms with Gasteiger partial charge in [0, 0.05) is 24.3 Å². The second-order valence-corrected chi connectivity index (χ2v) is 12.5. The molecule has 0 aliphatic carbocycles. The Morgan fingerprint density at radius 1 is 0.581 bits per heavy atom. The first kappa shape index (κ1) is 34.7. The van der Waals surface area contributed by atoms with E-state index in [0.717, 1.165) is 18.7 Å². The van der Waals surface area contributed by atoms with Crippen LogP contribution in [0.3, 0.4) is 0 Å². The molecule has 1 aromatic heterocycles. The number of aromatic hydroxyl groups is 1. The minimum absolute atomic E-state index is 0.242. The molecule has 4 nitrogen and oxygen atoms in total. The summed E-state index contributed by atoms with van der Waals surface area (Å²) in [4.78, 5) is 15.3. The van der Waals surface area contributed by atoms with Gasteiger partial charge in [-0.25, -0.2) is 0 Å². The van der Waals surface area contributed by atoms with Crippen LogP contribution in [0.5, 0.6) is 5.75 Å². The van der Waals surface area contributed by atoms with E-state index in [4.69, 9.17) is 4.42 Å². The second kappa shape index (κ2) is 21.0. The van der Waals surface area contributed by atoms with E-state index >= 15 is 0 Å². The van der Waals surface area contributed by atoms with Crippen molar-refractivity contribution in [3.8, 4) is 17.1 Å². The second-order valence-electron chi connectivity index (χ2n) is 12.5. The van der Waals surface area contributed by atoms with Crippen molar-refractivity contribution in [3.05, 3.63) is 58.8 Å². The predicted molar refractivity (Wildman–Crippen MR) is 185 cm³/mol. The standard InChI is InChI=1S/C39H59NO3/c1-3-5-7-9-11-13-15-17-19-23-31-40(32-24-20-18-16-14-12-10-8-6-4-2)34-29-27-33(28-30-34)39-38(42)37(41)35-25-21-22-26-36(35)43-39/h21-22,25-30,42H,3-20,23-24,31-32H2,1-2H3. The van der Waals surface area contributed by atoms with E-state index in [-0.39, 0.29) is 16.9 Å². The normalized spacial score (nSPS) is 11.4. The lowest BCUT2D eigenvalue weighted by Gasteiger charge is -2.25. The quantitative estimate of drug-likeness (QED) is 0.106. The van der Waals surface area contributed by atoms with Gasteiger partial charge in [-0.15, -0.1) is 0 Å². The van der Waals surface area contributed by atoms with Crippen LogP contribution in [0.15, 0.2) is 57.7 Å². The van der Waals surface area contributed by atoms with E-state index in [1.165, 1.54) is 134 Å². The molecular formula is C39H59NO3. The Morgan fingerprint density at radius 2 is 1.02 bits per heavy atom. The summed E-state index contributed by atoms with van der Waals surface area (Å²) in [7, 11) is 0. The molecule has 0 saturated heterocycles. The third-order valence-electron chi connectivity index (χ3n) is 8.83. The first-order chi connectivity index (χ1) is 21.2. The van der Waals surface area contributed by atoms with Gasteiger partial charge in [0.05, 0.1) is 5.39 Å². The third-order valence-corrected chi connectivity index (χ3v) is 8.83. The van der Waals surface area contributed by atoms with Crippen LogP contribution in [0.1, 0.15) is 142 Å². The number of para-hydroxylation sites is 1. The van der Waals surface area contributed by atoms with Gasteiger partial charge in [0.1, 0.15) is 5.58 Å². The van der Waals surface area contributed by atoms with Crippen molar-refractivity contribution in [2.75, 3.05) is 18.0 Å². The molecule has 0 radical (unpaired) electrons. The number of hydrogen-bond acceptors (Lipinski definition) is 4. The van der Waals surface area contributed by atoms with Crippen LogP contribution in [0.4, 0.5) is 5.69 Å². The molecular weight excluding hydrogens is 530 g/mol. The number of unbranched alkanes of at least 4 members (excludes halogenated alkanes) is 18. The van der Waals surface area contributed by atoms with Gasteiger partial charge in [-0.2, -0.15) is 0 Å². The summed E-state index contributed by atoms with van der Waals surface area (Å²) in [5, 5.41) is 11.0. The predicted octanol–water partition coefficient (Wildman–Crippen LogP) is 11.8. The molecule has 238 valence electrons. The van der Waals surface area contributed by atoms with E-state index in [0.29, 0.717) is 11.0 Å². The first-order valence-electron chi connectivity index (χ1n) is 17.8. The summed E-state index contributed by atoms with van der Waals surface area (Å²) in [5.74, 6) is -0.0785. The van der Waals surface area contributed by atoms with Crippen LogP contribution in [-0.2, 0) is 0 Å². The average Bonchev–Trinajstić information content (AvgIpc) is 3.03. The van der Waals surface area contributed by atoms with Gasteiger partial charge < -0.3 is 14.4 Å². The van der Waals surface area contributed by atoms with Crippen LogP contribution >= 0.6 is 0 Å². The van der Waals surface area contributed by atoms with Crippen LogP contribution in [0.2, 0.25) is 0 Å². The Labute approximate surface area is 261 Å². The summed E-state index contributed by atoms with van der Waals surface area (Å²) in [5.41, 5.74) is 2.04. The molecule has 3 aromatic rings. The number of hydrogen-bond donors (Lipinski definition) is 1. The van der Waals surface area contributed by atoms with Gasteiger partial charge in [0.2, 0.25) is 11.2 Å². The lowest BCUT2D eigenvalue weighted by atomic mass is 10.1. The van der Waals surface area contributed by atoms with Gasteiger partial charge in [0.15, 0.2) is 5.76 Å². The lowest BCUT2D eigenvalue weighted by Crippen LogP contribution is -2.25. The molecule has 0 aliphatic rings. The molecule has 0 atom stereocenters. The Morgan fingerprint density at radius 3 is 1.51 bits per heavy atom. The van der Waals surface area contributed by atoms with Crippen LogP contribution in [0.25, 0.3) is 22.3 Å². The summed E-state index contributed by atoms with van der Waals surface area (Å²) >= 11 is 0. The molecule has 0 fully saturated rings. The first-order valence-corrected chi connectivity index (χ1v) is 17.8. The smallest absolute Gasteiger partial charge is 0.235 e. The molecule has 0 saturated carbocycles. The molecule has 0 unspecified atom stereocenters. The van der Waals surface area contributed by atoms with Crippen LogP contribution < -0.4 is 10.3 Å². The third kappa shape index (κ3) is 12.4. The van der Waals surface area contributed by atoms with Crippen molar-refractivity contribution >= 4 is 16.7 Å². The zero-order chi connectivity index (χ0) is 30.5. The zero-order valence-electron chi connectivity index (χ0n) is 27.4. The maximum atomic E-state index is 12.7. The van der Waals surface area contributed by atoms with Crippen molar-refractivity contribution in [1.82, 2.24) is 0 Å². The van der Waals surface area contributed by atoms with Gasteiger partial charge in [-0.1, -0.05) is 142 Å². The Kier molecular flexibility index (Phi) is 17.0. The highest BCUT2D eigenvalue weighted by Crippen LogP contribution is 2.31. The SMILES string of the molecule is CCCCCCCCCCCCN(CCCCCCCCCCCC)c1ccc(-c2oc3ccccc3c(=O)c2O)cc1. The molecule has 0 bridgehead atoms. The van der Waals surface area contributed by atoms with Crippen molar-refractivity contribution in [2.24, 2.45) is 0 Å². The highest BCUT2D eigenvalue weighted by molar-refractivity contribution is 5.81. The number of benzene rings is 2. The van der Waals surface area contributed by atoms with E-state index in [9.17, 15) is 9.90 Å². The zero-order valence-corrected chi connectivity index (χ0v) is 27.4. The van der Waals surface area contributed by atoms with Crippen molar-refractivity contribution in [1.29, 1.82) is 0 Å². The fraction of sp³-hybridized carbons (Fsp3) is 0.615. The maximum Gasteiger partial charge on any atom is 0.235 e. The van der Waals surface area contributed by atoms with Gasteiger partial charge >= 0.3 is 0 Å². The van der Waals surface area contributed by atoms with E-state index in [2.05, 4.69) is 30.9 Å². The molecule has 0 spiro atoms. The Bertz CT molecular complexity index is 1180. The van der Waals surface area contributed by atoms with Crippen LogP contribution in [0, 0.1) is 0 Å². The highest BCUT2D eigenvalue weighted by Gasteiger charge is 2.16. The minimum atomic E-state index is -0.385. The lowest BCUT2D eigenvalue weighted by molar-refractivity contribution is 0.449. The van der Waals surface area contributed by atoms with E-state index in [1.54, 1.807) is 18.2 Å². The fourth-order valence-corrected chi connectivity index (χ4v) is 6.10. The molecule has 1 heterocycles. The minimum Gasteiger partial charge on any atom is -0.502 e. The van der Waals surface area contributed by atoms with Gasteiger partial charge in [-0.3, -0.25) is 4.79 Å².